The lowest BCUT2D eigenvalue weighted by Gasteiger charge is -2.38. The van der Waals surface area contributed by atoms with E-state index in [0.29, 0.717) is 29.4 Å². The number of hydrogen-bond acceptors (Lipinski definition) is 6. The molecule has 2 aliphatic heterocycles. The smallest absolute Gasteiger partial charge is 0.211 e. The molecule has 1 N–H and O–H groups in total. The van der Waals surface area contributed by atoms with Crippen LogP contribution in [-0.2, 0) is 0 Å². The fourth-order valence-electron chi connectivity index (χ4n) is 4.24. The van der Waals surface area contributed by atoms with Crippen molar-refractivity contribution < 1.29 is 14.3 Å². The fourth-order valence-corrected chi connectivity index (χ4v) is 4.24. The third kappa shape index (κ3) is 3.91. The number of rotatable bonds is 6. The van der Waals surface area contributed by atoms with Gasteiger partial charge in [-0.3, -0.25) is 4.79 Å². The highest BCUT2D eigenvalue weighted by atomic mass is 16.4. The predicted octanol–water partition coefficient (Wildman–Crippen LogP) is 5.64. The molecule has 2 aliphatic rings. The highest BCUT2D eigenvalue weighted by Gasteiger charge is 2.33. The van der Waals surface area contributed by atoms with Gasteiger partial charge in [-0.25, -0.2) is 9.98 Å². The van der Waals surface area contributed by atoms with Crippen molar-refractivity contribution in [3.8, 4) is 5.75 Å². The van der Waals surface area contributed by atoms with E-state index in [1.807, 2.05) is 12.1 Å². The Balaban J connectivity index is 1.76. The highest BCUT2D eigenvalue weighted by Crippen LogP contribution is 2.42. The molecule has 0 saturated carbocycles. The number of carbonyl (C=O) groups is 1. The molecule has 0 unspecified atom stereocenters. The van der Waals surface area contributed by atoms with Crippen molar-refractivity contribution in [3.05, 3.63) is 35.2 Å². The molecule has 0 radical (unpaired) electrons. The molecule has 6 heteroatoms. The van der Waals surface area contributed by atoms with Crippen LogP contribution in [0, 0.1) is 5.41 Å². The van der Waals surface area contributed by atoms with Crippen molar-refractivity contribution in [3.63, 3.8) is 0 Å². The zero-order chi connectivity index (χ0) is 21.3. The van der Waals surface area contributed by atoms with E-state index in [-0.39, 0.29) is 16.9 Å². The van der Waals surface area contributed by atoms with Crippen LogP contribution in [-0.4, -0.2) is 35.2 Å². The molecule has 0 aliphatic carbocycles. The minimum atomic E-state index is -0.0762. The molecule has 1 saturated heterocycles. The number of aliphatic imine (C=N–C) groups is 1. The van der Waals surface area contributed by atoms with Gasteiger partial charge in [0.25, 0.3) is 0 Å². The van der Waals surface area contributed by atoms with Gasteiger partial charge in [0.15, 0.2) is 23.1 Å². The molecular weight excluding hydrogens is 378 g/mol. The molecule has 158 valence electrons. The van der Waals surface area contributed by atoms with Gasteiger partial charge in [-0.15, -0.1) is 0 Å². The van der Waals surface area contributed by atoms with Crippen LogP contribution in [0.4, 0.5) is 11.7 Å². The van der Waals surface area contributed by atoms with Crippen LogP contribution >= 0.6 is 0 Å². The average Bonchev–Trinajstić information content (AvgIpc) is 3.27. The maximum Gasteiger partial charge on any atom is 0.211 e. The first kappa shape index (κ1) is 20.4. The molecule has 0 atom stereocenters. The summed E-state index contributed by atoms with van der Waals surface area (Å²) in [5, 5.41) is 11.0. The van der Waals surface area contributed by atoms with Gasteiger partial charge in [-0.1, -0.05) is 27.2 Å². The number of unbranched alkanes of at least 4 members (excludes halogenated alkanes) is 1. The zero-order valence-corrected chi connectivity index (χ0v) is 17.9. The summed E-state index contributed by atoms with van der Waals surface area (Å²) in [7, 11) is 0. The average molecular weight is 408 g/mol. The molecule has 2 aromatic rings. The van der Waals surface area contributed by atoms with E-state index in [2.05, 4.69) is 35.6 Å². The van der Waals surface area contributed by atoms with Gasteiger partial charge < -0.3 is 14.4 Å². The summed E-state index contributed by atoms with van der Waals surface area (Å²) in [4.78, 5) is 23.7. The largest absolute Gasteiger partial charge is 0.504 e. The van der Waals surface area contributed by atoms with Crippen LogP contribution in [0.25, 0.3) is 11.6 Å². The van der Waals surface area contributed by atoms with Crippen LogP contribution in [0.15, 0.2) is 27.7 Å². The lowest BCUT2D eigenvalue weighted by molar-refractivity contribution is 0.0977. The first-order chi connectivity index (χ1) is 14.4. The monoisotopic (exact) mass is 407 g/mol. The Hall–Kier alpha value is -2.89. The summed E-state index contributed by atoms with van der Waals surface area (Å²) >= 11 is 0. The zero-order valence-electron chi connectivity index (χ0n) is 17.9. The Labute approximate surface area is 177 Å². The molecular formula is C24H29N3O3. The number of allylic oxidation sites excluding steroid dienone is 1. The molecule has 4 rings (SSSR count). The first-order valence-electron chi connectivity index (χ1n) is 10.7. The predicted molar refractivity (Wildman–Crippen MR) is 120 cm³/mol. The number of aromatic hydroxyl groups is 1. The quantitative estimate of drug-likeness (QED) is 0.627. The lowest BCUT2D eigenvalue weighted by Crippen LogP contribution is -2.40. The Morgan fingerprint density at radius 2 is 2.23 bits per heavy atom. The number of Topliss-reactive ketones (excluding diaryl/α,β-unsaturated/α-hetero) is 1. The summed E-state index contributed by atoms with van der Waals surface area (Å²) in [6.45, 7) is 8.11. The first-order valence-corrected chi connectivity index (χ1v) is 10.7. The van der Waals surface area contributed by atoms with E-state index in [1.54, 1.807) is 18.5 Å². The number of aromatic nitrogens is 1. The number of hydrogen-bond donors (Lipinski definition) is 1. The van der Waals surface area contributed by atoms with E-state index < -0.39 is 0 Å². The van der Waals surface area contributed by atoms with Crippen molar-refractivity contribution in [2.45, 2.75) is 52.9 Å². The fraction of sp³-hybridized carbons (Fsp3) is 0.458. The molecule has 2 aromatic heterocycles. The van der Waals surface area contributed by atoms with E-state index in [9.17, 15) is 9.90 Å². The Morgan fingerprint density at radius 1 is 1.40 bits per heavy atom. The second-order valence-corrected chi connectivity index (χ2v) is 8.94. The topological polar surface area (TPSA) is 78.9 Å². The van der Waals surface area contributed by atoms with E-state index in [0.717, 1.165) is 49.9 Å². The molecule has 1 fully saturated rings. The number of carbonyl (C=O) groups excluding carboxylic acids is 1. The standard InChI is InChI=1S/C24H29N3O3/c1-4-5-9-18(28)20-21(29)19(13-16-14-26-22-17(16)8-6-11-25-22)30-23(20)27-12-7-10-24(2,3)15-27/h6,8,11,13-14,29H,4-5,7,9-10,12,15H2,1-3H3. The molecule has 0 bridgehead atoms. The molecule has 0 aromatic carbocycles. The van der Waals surface area contributed by atoms with Gasteiger partial charge in [0.05, 0.1) is 0 Å². The third-order valence-corrected chi connectivity index (χ3v) is 5.82. The Kier molecular flexibility index (Phi) is 5.50. The number of anilines is 1. The second kappa shape index (κ2) is 8.09. The van der Waals surface area contributed by atoms with Crippen molar-refractivity contribution in [1.82, 2.24) is 4.98 Å². The molecule has 4 heterocycles. The van der Waals surface area contributed by atoms with Crippen molar-refractivity contribution >= 4 is 35.3 Å². The van der Waals surface area contributed by atoms with Gasteiger partial charge in [0, 0.05) is 43.1 Å². The van der Waals surface area contributed by atoms with Crippen molar-refractivity contribution in [2.75, 3.05) is 18.0 Å². The van der Waals surface area contributed by atoms with Crippen LogP contribution in [0.1, 0.15) is 74.6 Å². The Bertz CT molecular complexity index is 1020. The summed E-state index contributed by atoms with van der Waals surface area (Å²) in [6, 6.07) is 3.78. The molecule has 6 nitrogen and oxygen atoms in total. The summed E-state index contributed by atoms with van der Waals surface area (Å²) in [6.07, 6.45) is 9.43. The van der Waals surface area contributed by atoms with Gasteiger partial charge in [-0.05, 0) is 42.9 Å². The SMILES string of the molecule is CCCCC(=O)c1c(N2CCCC(C)(C)C2)oc(C=C2C=Nc3ncccc32)c1O. The number of piperidine rings is 1. The molecule has 0 spiro atoms. The van der Waals surface area contributed by atoms with Gasteiger partial charge >= 0.3 is 0 Å². The van der Waals surface area contributed by atoms with Gasteiger partial charge in [-0.2, -0.15) is 0 Å². The van der Waals surface area contributed by atoms with Crippen LogP contribution in [0.5, 0.6) is 5.75 Å². The van der Waals surface area contributed by atoms with E-state index in [4.69, 9.17) is 4.42 Å². The number of furan rings is 1. The Morgan fingerprint density at radius 3 is 3.00 bits per heavy atom. The van der Waals surface area contributed by atoms with Crippen molar-refractivity contribution in [2.24, 2.45) is 10.4 Å². The summed E-state index contributed by atoms with van der Waals surface area (Å²) in [5.74, 6) is 1.30. The second-order valence-electron chi connectivity index (χ2n) is 8.94. The minimum absolute atomic E-state index is 0.0664. The molecule has 0 amide bonds. The summed E-state index contributed by atoms with van der Waals surface area (Å²) < 4.78 is 6.15. The highest BCUT2D eigenvalue weighted by molar-refractivity contribution is 6.21. The maximum atomic E-state index is 13.0. The van der Waals surface area contributed by atoms with E-state index >= 15 is 0 Å². The van der Waals surface area contributed by atoms with Gasteiger partial charge in [0.2, 0.25) is 5.88 Å². The van der Waals surface area contributed by atoms with Crippen LogP contribution < -0.4 is 4.90 Å². The number of fused-ring (bicyclic) bond motifs is 1. The minimum Gasteiger partial charge on any atom is -0.504 e. The number of ketones is 1. The third-order valence-electron chi connectivity index (χ3n) is 5.82. The number of nitrogens with zero attached hydrogens (tertiary/aromatic N) is 3. The van der Waals surface area contributed by atoms with Crippen molar-refractivity contribution in [1.29, 1.82) is 0 Å². The van der Waals surface area contributed by atoms with Crippen LogP contribution in [0.3, 0.4) is 0 Å². The normalized spacial score (nSPS) is 18.8. The van der Waals surface area contributed by atoms with Gasteiger partial charge in [0.1, 0.15) is 5.56 Å². The maximum absolute atomic E-state index is 13.0. The number of pyridine rings is 1. The lowest BCUT2D eigenvalue weighted by atomic mass is 9.84. The summed E-state index contributed by atoms with van der Waals surface area (Å²) in [5.41, 5.74) is 2.13. The van der Waals surface area contributed by atoms with E-state index in [1.165, 1.54) is 0 Å². The van der Waals surface area contributed by atoms with Crippen LogP contribution in [0.2, 0.25) is 0 Å². The molecule has 30 heavy (non-hydrogen) atoms.